The van der Waals surface area contributed by atoms with Gasteiger partial charge in [0.1, 0.15) is 12.1 Å². The van der Waals surface area contributed by atoms with Crippen molar-refractivity contribution in [3.05, 3.63) is 41.7 Å². The molecule has 2 aromatic heterocycles. The molecule has 0 unspecified atom stereocenters. The maximum absolute atomic E-state index is 12.2. The first kappa shape index (κ1) is 17.6. The van der Waals surface area contributed by atoms with E-state index in [9.17, 15) is 18.0 Å². The molecule has 0 aliphatic heterocycles. The van der Waals surface area contributed by atoms with Crippen LogP contribution in [0.5, 0.6) is 5.88 Å². The fraction of sp³-hybridized carbons (Fsp3) is 0.250. The van der Waals surface area contributed by atoms with Gasteiger partial charge in [-0.05, 0) is 17.5 Å². The molecule has 0 fully saturated rings. The molecule has 0 spiro atoms. The van der Waals surface area contributed by atoms with Crippen LogP contribution in [0.15, 0.2) is 30.6 Å². The number of carbonyl (C=O) groups excluding carboxylic acids is 1. The number of aryl methyl sites for hydroxylation is 1. The van der Waals surface area contributed by atoms with Crippen molar-refractivity contribution < 1.29 is 22.7 Å². The molecule has 0 saturated heterocycles. The number of nitrogens with zero attached hydrogens (tertiary/aromatic N) is 3. The summed E-state index contributed by atoms with van der Waals surface area (Å²) in [5.41, 5.74) is 7.91. The monoisotopic (exact) mass is 365 g/mol. The SMILES string of the molecule is Nc1nc(OCc2ccc(CCC(=O)C(F)(F)F)cc2)c2[nH]cnc2n1. The zero-order valence-corrected chi connectivity index (χ0v) is 13.4. The van der Waals surface area contributed by atoms with E-state index < -0.39 is 18.4 Å². The van der Waals surface area contributed by atoms with Crippen molar-refractivity contribution >= 4 is 22.9 Å². The average Bonchev–Trinajstić information content (AvgIpc) is 3.06. The van der Waals surface area contributed by atoms with Crippen LogP contribution in [0.3, 0.4) is 0 Å². The highest BCUT2D eigenvalue weighted by molar-refractivity contribution is 5.84. The molecule has 0 saturated carbocycles. The normalized spacial score (nSPS) is 11.7. The van der Waals surface area contributed by atoms with E-state index in [1.807, 2.05) is 0 Å². The van der Waals surface area contributed by atoms with Gasteiger partial charge in [0.15, 0.2) is 5.65 Å². The van der Waals surface area contributed by atoms with E-state index in [-0.39, 0.29) is 24.9 Å². The zero-order chi connectivity index (χ0) is 18.7. The number of benzene rings is 1. The minimum absolute atomic E-state index is 0.0245. The number of halogens is 3. The number of H-pyrrole nitrogens is 1. The lowest BCUT2D eigenvalue weighted by molar-refractivity contribution is -0.171. The van der Waals surface area contributed by atoms with Crippen molar-refractivity contribution in [2.24, 2.45) is 0 Å². The molecule has 0 bridgehead atoms. The highest BCUT2D eigenvalue weighted by Crippen LogP contribution is 2.22. The standard InChI is InChI=1S/C16H14F3N5O2/c17-16(18,19)11(25)6-5-9-1-3-10(4-2-9)7-26-14-12-13(22-8-21-12)23-15(20)24-14/h1-4,8H,5-7H2,(H3,20,21,22,23,24). The van der Waals surface area contributed by atoms with Gasteiger partial charge in [-0.1, -0.05) is 24.3 Å². The van der Waals surface area contributed by atoms with Crippen molar-refractivity contribution in [3.8, 4) is 5.88 Å². The third kappa shape index (κ3) is 4.08. The number of nitrogens with one attached hydrogen (secondary N) is 1. The predicted octanol–water partition coefficient (Wildman–Crippen LogP) is 2.58. The highest BCUT2D eigenvalue weighted by Gasteiger charge is 2.37. The summed E-state index contributed by atoms with van der Waals surface area (Å²) in [6.07, 6.45) is -3.89. The number of fused-ring (bicyclic) bond motifs is 1. The average molecular weight is 365 g/mol. The number of ether oxygens (including phenoxy) is 1. The summed E-state index contributed by atoms with van der Waals surface area (Å²) in [7, 11) is 0. The van der Waals surface area contributed by atoms with Crippen LogP contribution in [0.25, 0.3) is 11.2 Å². The fourth-order valence-electron chi connectivity index (χ4n) is 2.28. The molecule has 3 aromatic rings. The van der Waals surface area contributed by atoms with Gasteiger partial charge < -0.3 is 15.5 Å². The molecule has 26 heavy (non-hydrogen) atoms. The highest BCUT2D eigenvalue weighted by atomic mass is 19.4. The summed E-state index contributed by atoms with van der Waals surface area (Å²) in [5, 5.41) is 0. The van der Waals surface area contributed by atoms with Gasteiger partial charge in [0.05, 0.1) is 6.33 Å². The summed E-state index contributed by atoms with van der Waals surface area (Å²) >= 11 is 0. The van der Waals surface area contributed by atoms with E-state index in [1.165, 1.54) is 6.33 Å². The Morgan fingerprint density at radius 2 is 1.85 bits per heavy atom. The summed E-state index contributed by atoms with van der Waals surface area (Å²) in [5.74, 6) is -1.44. The number of hydrogen-bond donors (Lipinski definition) is 2. The van der Waals surface area contributed by atoms with Gasteiger partial charge in [-0.25, -0.2) is 4.98 Å². The molecule has 0 radical (unpaired) electrons. The van der Waals surface area contributed by atoms with Gasteiger partial charge in [-0.15, -0.1) is 0 Å². The first-order valence-corrected chi connectivity index (χ1v) is 7.60. The lowest BCUT2D eigenvalue weighted by Crippen LogP contribution is -2.22. The van der Waals surface area contributed by atoms with Gasteiger partial charge in [-0.3, -0.25) is 4.79 Å². The lowest BCUT2D eigenvalue weighted by Gasteiger charge is -2.08. The number of rotatable bonds is 6. The van der Waals surface area contributed by atoms with E-state index >= 15 is 0 Å². The first-order valence-electron chi connectivity index (χ1n) is 7.60. The van der Waals surface area contributed by atoms with E-state index in [4.69, 9.17) is 10.5 Å². The Kier molecular flexibility index (Phi) is 4.74. The first-order chi connectivity index (χ1) is 12.3. The van der Waals surface area contributed by atoms with Crippen molar-refractivity contribution in [2.45, 2.75) is 25.6 Å². The molecule has 0 amide bonds. The molecule has 2 heterocycles. The van der Waals surface area contributed by atoms with Crippen LogP contribution in [0.1, 0.15) is 17.5 Å². The van der Waals surface area contributed by atoms with Crippen LogP contribution >= 0.6 is 0 Å². The Balaban J connectivity index is 1.61. The van der Waals surface area contributed by atoms with Gasteiger partial charge >= 0.3 is 6.18 Å². The number of aromatic amines is 1. The van der Waals surface area contributed by atoms with Gasteiger partial charge in [-0.2, -0.15) is 23.1 Å². The van der Waals surface area contributed by atoms with Crippen LogP contribution < -0.4 is 10.5 Å². The van der Waals surface area contributed by atoms with Crippen LogP contribution in [0.2, 0.25) is 0 Å². The maximum Gasteiger partial charge on any atom is 0.449 e. The summed E-state index contributed by atoms with van der Waals surface area (Å²) in [4.78, 5) is 25.7. The molecule has 0 aliphatic carbocycles. The van der Waals surface area contributed by atoms with E-state index in [0.29, 0.717) is 16.7 Å². The number of anilines is 1. The molecule has 0 atom stereocenters. The van der Waals surface area contributed by atoms with Crippen molar-refractivity contribution in [2.75, 3.05) is 5.73 Å². The van der Waals surface area contributed by atoms with Crippen LogP contribution in [-0.4, -0.2) is 31.9 Å². The Morgan fingerprint density at radius 1 is 1.15 bits per heavy atom. The number of ketones is 1. The Labute approximate surface area is 145 Å². The number of Topliss-reactive ketones (excluding diaryl/α,β-unsaturated/α-hetero) is 1. The zero-order valence-electron chi connectivity index (χ0n) is 13.4. The van der Waals surface area contributed by atoms with Crippen LogP contribution in [0.4, 0.5) is 19.1 Å². The van der Waals surface area contributed by atoms with Crippen molar-refractivity contribution in [3.63, 3.8) is 0 Å². The van der Waals surface area contributed by atoms with Gasteiger partial charge in [0, 0.05) is 6.42 Å². The van der Waals surface area contributed by atoms with Gasteiger partial charge in [0.2, 0.25) is 17.6 Å². The number of imidazole rings is 1. The van der Waals surface area contributed by atoms with Crippen molar-refractivity contribution in [1.29, 1.82) is 0 Å². The summed E-state index contributed by atoms with van der Waals surface area (Å²) < 4.78 is 42.2. The molecule has 7 nitrogen and oxygen atoms in total. The number of alkyl halides is 3. The smallest absolute Gasteiger partial charge is 0.449 e. The maximum atomic E-state index is 12.2. The minimum Gasteiger partial charge on any atom is -0.471 e. The second-order valence-corrected chi connectivity index (χ2v) is 5.51. The molecule has 136 valence electrons. The Morgan fingerprint density at radius 3 is 2.54 bits per heavy atom. The van der Waals surface area contributed by atoms with E-state index in [1.54, 1.807) is 24.3 Å². The molecule has 3 N–H and O–H groups in total. The van der Waals surface area contributed by atoms with Crippen LogP contribution in [0, 0.1) is 0 Å². The second-order valence-electron chi connectivity index (χ2n) is 5.51. The van der Waals surface area contributed by atoms with Crippen LogP contribution in [-0.2, 0) is 17.8 Å². The second kappa shape index (κ2) is 6.98. The Hall–Kier alpha value is -3.17. The third-order valence-electron chi connectivity index (χ3n) is 3.63. The third-order valence-corrected chi connectivity index (χ3v) is 3.63. The van der Waals surface area contributed by atoms with E-state index in [2.05, 4.69) is 19.9 Å². The Bertz CT molecular complexity index is 922. The van der Waals surface area contributed by atoms with Gasteiger partial charge in [0.25, 0.3) is 0 Å². The summed E-state index contributed by atoms with van der Waals surface area (Å²) in [6, 6.07) is 6.73. The lowest BCUT2D eigenvalue weighted by atomic mass is 10.1. The number of aromatic nitrogens is 4. The minimum atomic E-state index is -4.79. The molecule has 3 rings (SSSR count). The fourth-order valence-corrected chi connectivity index (χ4v) is 2.28. The number of nitrogens with two attached hydrogens (primary N) is 1. The number of carbonyl (C=O) groups is 1. The molecular formula is C16H14F3N5O2. The molecule has 10 heteroatoms. The quantitative estimate of drug-likeness (QED) is 0.695. The van der Waals surface area contributed by atoms with E-state index in [0.717, 1.165) is 5.56 Å². The molecule has 0 aliphatic rings. The molecular weight excluding hydrogens is 351 g/mol. The number of hydrogen-bond acceptors (Lipinski definition) is 6. The topological polar surface area (TPSA) is 107 Å². The number of nitrogen functional groups attached to an aromatic ring is 1. The summed E-state index contributed by atoms with van der Waals surface area (Å²) in [6.45, 7) is 0.173. The predicted molar refractivity (Wildman–Crippen MR) is 86.3 cm³/mol. The molecule has 1 aromatic carbocycles. The van der Waals surface area contributed by atoms with Crippen molar-refractivity contribution in [1.82, 2.24) is 19.9 Å². The largest absolute Gasteiger partial charge is 0.471 e.